The monoisotopic (exact) mass is 210 g/mol. The summed E-state index contributed by atoms with van der Waals surface area (Å²) in [4.78, 5) is 11.2. The number of nitrogen functional groups attached to an aromatic ring is 1. The van der Waals surface area contributed by atoms with Crippen molar-refractivity contribution in [3.63, 3.8) is 0 Å². The number of anilines is 1. The molecule has 1 aromatic carbocycles. The fraction of sp³-hybridized carbons (Fsp3) is 0.111. The Labute approximate surface area is 85.8 Å². The van der Waals surface area contributed by atoms with E-state index in [-0.39, 0.29) is 16.8 Å². The maximum absolute atomic E-state index is 11.2. The highest BCUT2D eigenvalue weighted by molar-refractivity contribution is 6.31. The summed E-state index contributed by atoms with van der Waals surface area (Å²) < 4.78 is 4.49. The molecule has 0 radical (unpaired) electrons. The topological polar surface area (TPSA) is 76.1 Å². The van der Waals surface area contributed by atoms with Crippen LogP contribution in [-0.2, 0) is 4.74 Å². The van der Waals surface area contributed by atoms with Gasteiger partial charge in [-0.15, -0.1) is 0 Å². The van der Waals surface area contributed by atoms with E-state index in [0.29, 0.717) is 5.02 Å². The number of nitrogens with two attached hydrogens (primary N) is 1. The van der Waals surface area contributed by atoms with Crippen LogP contribution >= 0.6 is 11.6 Å². The predicted octanol–water partition coefficient (Wildman–Crippen LogP) is 1.58. The van der Waals surface area contributed by atoms with Gasteiger partial charge in [0.1, 0.15) is 11.6 Å². The van der Waals surface area contributed by atoms with E-state index in [9.17, 15) is 4.79 Å². The van der Waals surface area contributed by atoms with Crippen molar-refractivity contribution in [2.45, 2.75) is 0 Å². The van der Waals surface area contributed by atoms with Gasteiger partial charge in [-0.1, -0.05) is 11.6 Å². The summed E-state index contributed by atoms with van der Waals surface area (Å²) in [5.41, 5.74) is 5.85. The number of carbonyl (C=O) groups excluding carboxylic acids is 1. The summed E-state index contributed by atoms with van der Waals surface area (Å²) in [5, 5.41) is 9.05. The molecule has 0 saturated heterocycles. The number of esters is 1. The third kappa shape index (κ3) is 1.78. The van der Waals surface area contributed by atoms with Gasteiger partial charge in [-0.25, -0.2) is 4.79 Å². The molecule has 1 aromatic rings. The highest BCUT2D eigenvalue weighted by atomic mass is 35.5. The highest BCUT2D eigenvalue weighted by Crippen LogP contribution is 2.23. The van der Waals surface area contributed by atoms with Crippen LogP contribution in [0.5, 0.6) is 0 Å². The van der Waals surface area contributed by atoms with Crippen LogP contribution in [0.2, 0.25) is 5.02 Å². The van der Waals surface area contributed by atoms with E-state index < -0.39 is 5.97 Å². The van der Waals surface area contributed by atoms with E-state index in [1.807, 2.05) is 6.07 Å². The smallest absolute Gasteiger partial charge is 0.341 e. The number of benzene rings is 1. The van der Waals surface area contributed by atoms with Gasteiger partial charge in [0.05, 0.1) is 12.7 Å². The molecule has 0 aliphatic rings. The molecule has 0 heterocycles. The molecule has 4 nitrogen and oxygen atoms in total. The van der Waals surface area contributed by atoms with Crippen LogP contribution in [0.1, 0.15) is 15.9 Å². The lowest BCUT2D eigenvalue weighted by molar-refractivity contribution is 0.0601. The highest BCUT2D eigenvalue weighted by Gasteiger charge is 2.16. The Kier molecular flexibility index (Phi) is 2.95. The van der Waals surface area contributed by atoms with Crippen molar-refractivity contribution in [3.05, 3.63) is 28.3 Å². The largest absolute Gasteiger partial charge is 0.465 e. The zero-order valence-electron chi connectivity index (χ0n) is 7.37. The maximum Gasteiger partial charge on any atom is 0.341 e. The van der Waals surface area contributed by atoms with Gasteiger partial charge in [-0.05, 0) is 12.1 Å². The van der Waals surface area contributed by atoms with Crippen molar-refractivity contribution in [2.24, 2.45) is 0 Å². The first-order valence-corrected chi connectivity index (χ1v) is 4.05. The van der Waals surface area contributed by atoms with E-state index >= 15 is 0 Å². The van der Waals surface area contributed by atoms with Crippen LogP contribution < -0.4 is 5.73 Å². The number of rotatable bonds is 1. The summed E-state index contributed by atoms with van der Waals surface area (Å²) in [7, 11) is 1.22. The number of nitrogens with zero attached hydrogens (tertiary/aromatic N) is 1. The minimum Gasteiger partial charge on any atom is -0.465 e. The fourth-order valence-electron chi connectivity index (χ4n) is 1.05. The molecule has 0 bridgehead atoms. The Morgan fingerprint density at radius 1 is 1.64 bits per heavy atom. The molecule has 0 aliphatic heterocycles. The number of hydrogen-bond donors (Lipinski definition) is 1. The van der Waals surface area contributed by atoms with Gasteiger partial charge < -0.3 is 10.5 Å². The number of carbonyl (C=O) groups is 1. The Hall–Kier alpha value is -1.73. The van der Waals surface area contributed by atoms with Gasteiger partial charge in [-0.3, -0.25) is 0 Å². The molecule has 0 aliphatic carbocycles. The summed E-state index contributed by atoms with van der Waals surface area (Å²) in [6.45, 7) is 0. The Balaban J connectivity index is 3.42. The Morgan fingerprint density at radius 2 is 2.29 bits per heavy atom. The maximum atomic E-state index is 11.2. The standard InChI is InChI=1S/C9H7ClN2O2/c1-14-9(13)8-5(4-11)2-6(10)3-7(8)12/h2-3H,12H2,1H3. The van der Waals surface area contributed by atoms with Crippen LogP contribution in [0.4, 0.5) is 5.69 Å². The van der Waals surface area contributed by atoms with Crippen LogP contribution in [0, 0.1) is 11.3 Å². The minimum absolute atomic E-state index is 0.0550. The number of methoxy groups -OCH3 is 1. The minimum atomic E-state index is -0.643. The second-order valence-corrected chi connectivity index (χ2v) is 2.96. The molecule has 0 atom stereocenters. The van der Waals surface area contributed by atoms with Crippen molar-refractivity contribution < 1.29 is 9.53 Å². The molecule has 72 valence electrons. The van der Waals surface area contributed by atoms with Crippen LogP contribution in [-0.4, -0.2) is 13.1 Å². The average Bonchev–Trinajstić information content (AvgIpc) is 2.15. The summed E-state index contributed by atoms with van der Waals surface area (Å²) >= 11 is 5.67. The molecule has 0 aromatic heterocycles. The first-order valence-electron chi connectivity index (χ1n) is 3.67. The third-order valence-electron chi connectivity index (χ3n) is 1.64. The molecule has 14 heavy (non-hydrogen) atoms. The predicted molar refractivity (Wildman–Crippen MR) is 51.9 cm³/mol. The van der Waals surface area contributed by atoms with Crippen LogP contribution in [0.15, 0.2) is 12.1 Å². The Morgan fingerprint density at radius 3 is 2.79 bits per heavy atom. The van der Waals surface area contributed by atoms with Crippen LogP contribution in [0.3, 0.4) is 0 Å². The molecule has 0 spiro atoms. The zero-order chi connectivity index (χ0) is 10.7. The quantitative estimate of drug-likeness (QED) is 0.564. The first kappa shape index (κ1) is 10.4. The second-order valence-electron chi connectivity index (χ2n) is 2.52. The average molecular weight is 211 g/mol. The van der Waals surface area contributed by atoms with E-state index in [1.54, 1.807) is 0 Å². The molecular weight excluding hydrogens is 204 g/mol. The van der Waals surface area contributed by atoms with E-state index in [2.05, 4.69) is 4.74 Å². The van der Waals surface area contributed by atoms with Crippen molar-refractivity contribution in [3.8, 4) is 6.07 Å². The van der Waals surface area contributed by atoms with Crippen molar-refractivity contribution >= 4 is 23.3 Å². The molecule has 0 unspecified atom stereocenters. The molecule has 0 amide bonds. The number of halogens is 1. The van der Waals surface area contributed by atoms with Gasteiger partial charge in [0, 0.05) is 10.7 Å². The van der Waals surface area contributed by atoms with E-state index in [1.165, 1.54) is 19.2 Å². The number of ether oxygens (including phenoxy) is 1. The van der Waals surface area contributed by atoms with Gasteiger partial charge in [0.15, 0.2) is 0 Å². The van der Waals surface area contributed by atoms with Gasteiger partial charge in [-0.2, -0.15) is 5.26 Å². The molecule has 0 fully saturated rings. The summed E-state index contributed by atoms with van der Waals surface area (Å²) in [6.07, 6.45) is 0. The van der Waals surface area contributed by atoms with Gasteiger partial charge >= 0.3 is 5.97 Å². The van der Waals surface area contributed by atoms with Gasteiger partial charge in [0.2, 0.25) is 0 Å². The van der Waals surface area contributed by atoms with Crippen LogP contribution in [0.25, 0.3) is 0 Å². The third-order valence-corrected chi connectivity index (χ3v) is 1.86. The molecule has 5 heteroatoms. The lowest BCUT2D eigenvalue weighted by atomic mass is 10.1. The molecular formula is C9H7ClN2O2. The number of hydrogen-bond acceptors (Lipinski definition) is 4. The van der Waals surface area contributed by atoms with E-state index in [4.69, 9.17) is 22.6 Å². The second kappa shape index (κ2) is 3.99. The molecule has 2 N–H and O–H groups in total. The van der Waals surface area contributed by atoms with Crippen molar-refractivity contribution in [2.75, 3.05) is 12.8 Å². The normalized spacial score (nSPS) is 9.21. The van der Waals surface area contributed by atoms with Crippen molar-refractivity contribution in [1.82, 2.24) is 0 Å². The summed E-state index contributed by atoms with van der Waals surface area (Å²) in [5.74, 6) is -0.643. The summed E-state index contributed by atoms with van der Waals surface area (Å²) in [6, 6.07) is 4.59. The molecule has 0 saturated carbocycles. The molecule has 1 rings (SSSR count). The fourth-order valence-corrected chi connectivity index (χ4v) is 1.27. The van der Waals surface area contributed by atoms with Crippen molar-refractivity contribution in [1.29, 1.82) is 5.26 Å². The lowest BCUT2D eigenvalue weighted by Gasteiger charge is -2.05. The lowest BCUT2D eigenvalue weighted by Crippen LogP contribution is -2.08. The SMILES string of the molecule is COC(=O)c1c(N)cc(Cl)cc1C#N. The first-order chi connectivity index (χ1) is 6.60. The van der Waals surface area contributed by atoms with E-state index in [0.717, 1.165) is 0 Å². The zero-order valence-corrected chi connectivity index (χ0v) is 8.13. The number of nitriles is 1. The van der Waals surface area contributed by atoms with Gasteiger partial charge in [0.25, 0.3) is 0 Å². The Bertz CT molecular complexity index is 424.